The molecule has 7 heteroatoms. The zero-order chi connectivity index (χ0) is 19.9. The van der Waals surface area contributed by atoms with Crippen molar-refractivity contribution in [1.82, 2.24) is 10.6 Å². The van der Waals surface area contributed by atoms with Crippen molar-refractivity contribution in [1.29, 1.82) is 0 Å². The van der Waals surface area contributed by atoms with Gasteiger partial charge in [-0.15, -0.1) is 0 Å². The normalized spacial score (nSPS) is 22.8. The lowest BCUT2D eigenvalue weighted by Gasteiger charge is -2.40. The average Bonchev–Trinajstić information content (AvgIpc) is 2.87. The van der Waals surface area contributed by atoms with Crippen LogP contribution in [0.15, 0.2) is 48.5 Å². The smallest absolute Gasteiger partial charge is 0.322 e. The first-order chi connectivity index (χ1) is 13.3. The van der Waals surface area contributed by atoms with E-state index in [1.54, 1.807) is 37.3 Å². The Kier molecular flexibility index (Phi) is 4.38. The van der Waals surface area contributed by atoms with E-state index in [1.165, 1.54) is 0 Å². The Morgan fingerprint density at radius 3 is 2.39 bits per heavy atom. The van der Waals surface area contributed by atoms with Crippen molar-refractivity contribution in [3.05, 3.63) is 64.7 Å². The molecule has 1 aliphatic heterocycles. The highest BCUT2D eigenvalue weighted by molar-refractivity contribution is 6.30. The van der Waals surface area contributed by atoms with Crippen LogP contribution in [0.25, 0.3) is 0 Å². The lowest BCUT2D eigenvalue weighted by molar-refractivity contribution is -0.124. The first-order valence-corrected chi connectivity index (χ1v) is 9.53. The molecular weight excluding hydrogens is 378 g/mol. The summed E-state index contributed by atoms with van der Waals surface area (Å²) in [6.45, 7) is 1.63. The maximum absolute atomic E-state index is 13.2. The van der Waals surface area contributed by atoms with Crippen molar-refractivity contribution in [2.75, 3.05) is 5.32 Å². The molecule has 1 unspecified atom stereocenters. The van der Waals surface area contributed by atoms with Gasteiger partial charge in [-0.1, -0.05) is 42.3 Å². The van der Waals surface area contributed by atoms with E-state index in [0.29, 0.717) is 16.3 Å². The summed E-state index contributed by atoms with van der Waals surface area (Å²) < 4.78 is 0. The summed E-state index contributed by atoms with van der Waals surface area (Å²) >= 11 is 6.13. The summed E-state index contributed by atoms with van der Waals surface area (Å²) in [6, 6.07) is 13.9. The van der Waals surface area contributed by atoms with E-state index < -0.39 is 22.9 Å². The number of hydrogen-bond acceptors (Lipinski definition) is 3. The third-order valence-corrected chi connectivity index (χ3v) is 6.00. The minimum absolute atomic E-state index is 0.0942. The van der Waals surface area contributed by atoms with Gasteiger partial charge in [0, 0.05) is 10.7 Å². The number of amides is 4. The van der Waals surface area contributed by atoms with Gasteiger partial charge in [-0.25, -0.2) is 4.79 Å². The number of halogens is 1. The second-order valence-electron chi connectivity index (χ2n) is 7.51. The number of benzene rings is 2. The molecule has 144 valence electrons. The zero-order valence-corrected chi connectivity index (χ0v) is 16.1. The van der Waals surface area contributed by atoms with Crippen LogP contribution in [-0.2, 0) is 20.5 Å². The fourth-order valence-electron chi connectivity index (χ4n) is 3.87. The van der Waals surface area contributed by atoms with E-state index >= 15 is 0 Å². The van der Waals surface area contributed by atoms with E-state index in [0.717, 1.165) is 24.8 Å². The summed E-state index contributed by atoms with van der Waals surface area (Å²) in [4.78, 5) is 36.9. The van der Waals surface area contributed by atoms with Gasteiger partial charge in [0.2, 0.25) is 5.91 Å². The quantitative estimate of drug-likeness (QED) is 0.690. The van der Waals surface area contributed by atoms with Gasteiger partial charge < -0.3 is 10.6 Å². The molecule has 2 aromatic carbocycles. The topological polar surface area (TPSA) is 87.3 Å². The molecule has 0 spiro atoms. The van der Waals surface area contributed by atoms with Crippen LogP contribution in [0.4, 0.5) is 10.5 Å². The van der Waals surface area contributed by atoms with E-state index in [9.17, 15) is 14.4 Å². The van der Waals surface area contributed by atoms with Crippen molar-refractivity contribution >= 4 is 35.1 Å². The van der Waals surface area contributed by atoms with Crippen LogP contribution in [0.3, 0.4) is 0 Å². The molecule has 2 aromatic rings. The van der Waals surface area contributed by atoms with Crippen LogP contribution in [0.2, 0.25) is 5.02 Å². The summed E-state index contributed by atoms with van der Waals surface area (Å²) in [5.74, 6) is -0.515. The van der Waals surface area contributed by atoms with Crippen molar-refractivity contribution in [2.45, 2.75) is 37.1 Å². The van der Waals surface area contributed by atoms with E-state index in [1.807, 2.05) is 18.2 Å². The van der Waals surface area contributed by atoms with E-state index in [2.05, 4.69) is 16.0 Å². The number of urea groups is 1. The molecule has 4 amide bonds. The lowest BCUT2D eigenvalue weighted by atomic mass is 9.64. The van der Waals surface area contributed by atoms with Crippen molar-refractivity contribution < 1.29 is 14.4 Å². The maximum Gasteiger partial charge on any atom is 0.322 e. The highest BCUT2D eigenvalue weighted by Crippen LogP contribution is 2.45. The predicted octanol–water partition coefficient (Wildman–Crippen LogP) is 3.46. The summed E-state index contributed by atoms with van der Waals surface area (Å²) in [5.41, 5.74) is 0.322. The Morgan fingerprint density at radius 2 is 1.79 bits per heavy atom. The molecule has 28 heavy (non-hydrogen) atoms. The molecule has 2 fully saturated rings. The van der Waals surface area contributed by atoms with Gasteiger partial charge in [-0.2, -0.15) is 0 Å². The Hall–Kier alpha value is -2.86. The molecule has 2 aliphatic rings. The third-order valence-electron chi connectivity index (χ3n) is 5.76. The van der Waals surface area contributed by atoms with E-state index in [-0.39, 0.29) is 5.91 Å². The minimum Gasteiger partial charge on any atom is -0.325 e. The van der Waals surface area contributed by atoms with Crippen LogP contribution in [0.1, 0.15) is 37.3 Å². The highest BCUT2D eigenvalue weighted by Gasteiger charge is 2.46. The predicted molar refractivity (Wildman–Crippen MR) is 106 cm³/mol. The zero-order valence-electron chi connectivity index (χ0n) is 15.3. The second-order valence-corrected chi connectivity index (χ2v) is 7.95. The third kappa shape index (κ3) is 2.94. The number of nitrogens with one attached hydrogen (secondary N) is 3. The molecule has 4 rings (SSSR count). The second kappa shape index (κ2) is 6.63. The molecule has 1 saturated heterocycles. The first-order valence-electron chi connectivity index (χ1n) is 9.15. The first kappa shape index (κ1) is 18.5. The molecule has 0 bridgehead atoms. The Morgan fingerprint density at radius 1 is 1.07 bits per heavy atom. The minimum atomic E-state index is -1.17. The fraction of sp³-hybridized carbons (Fsp3) is 0.286. The summed E-state index contributed by atoms with van der Waals surface area (Å²) in [6.07, 6.45) is 2.49. The number of carbonyl (C=O) groups excluding carboxylic acids is 3. The maximum atomic E-state index is 13.2. The van der Waals surface area contributed by atoms with Crippen LogP contribution < -0.4 is 16.0 Å². The van der Waals surface area contributed by atoms with E-state index in [4.69, 9.17) is 11.6 Å². The lowest BCUT2D eigenvalue weighted by Crippen LogP contribution is -2.46. The number of hydrogen-bond donors (Lipinski definition) is 3. The molecule has 1 saturated carbocycles. The Labute approximate surface area is 167 Å². The van der Waals surface area contributed by atoms with Crippen LogP contribution in [0, 0.1) is 0 Å². The Bertz CT molecular complexity index is 986. The molecular formula is C21H20ClN3O3. The molecule has 1 atom stereocenters. The number of carbonyl (C=O) groups is 3. The standard InChI is InChI=1S/C21H20ClN3O3/c1-20(17(26)24-19(28)25-20)13-5-3-8-16(12-13)23-18(27)21(9-4-10-21)14-6-2-7-15(22)11-14/h2-3,5-8,11-12H,4,9-10H2,1H3,(H,23,27)(H2,24,25,26,28). The van der Waals surface area contributed by atoms with Gasteiger partial charge in [0.05, 0.1) is 5.41 Å². The molecule has 0 aromatic heterocycles. The monoisotopic (exact) mass is 397 g/mol. The van der Waals surface area contributed by atoms with Gasteiger partial charge in [0.1, 0.15) is 5.54 Å². The van der Waals surface area contributed by atoms with Crippen molar-refractivity contribution in [2.24, 2.45) is 0 Å². The van der Waals surface area contributed by atoms with Gasteiger partial charge in [0.15, 0.2) is 0 Å². The van der Waals surface area contributed by atoms with Crippen LogP contribution in [-0.4, -0.2) is 17.8 Å². The fourth-order valence-corrected chi connectivity index (χ4v) is 4.06. The molecule has 0 radical (unpaired) electrons. The number of rotatable bonds is 4. The summed E-state index contributed by atoms with van der Waals surface area (Å²) in [5, 5.41) is 8.47. The largest absolute Gasteiger partial charge is 0.325 e. The SMILES string of the molecule is CC1(c2cccc(NC(=O)C3(c4cccc(Cl)c4)CCC3)c2)NC(=O)NC1=O. The number of anilines is 1. The molecule has 3 N–H and O–H groups in total. The van der Waals surface area contributed by atoms with Gasteiger partial charge >= 0.3 is 6.03 Å². The Balaban J connectivity index is 1.60. The van der Waals surface area contributed by atoms with Crippen LogP contribution in [0.5, 0.6) is 0 Å². The molecule has 1 heterocycles. The van der Waals surface area contributed by atoms with Gasteiger partial charge in [-0.3, -0.25) is 14.9 Å². The number of imide groups is 1. The van der Waals surface area contributed by atoms with Gasteiger partial charge in [0.25, 0.3) is 5.91 Å². The van der Waals surface area contributed by atoms with Crippen molar-refractivity contribution in [3.8, 4) is 0 Å². The average molecular weight is 398 g/mol. The summed E-state index contributed by atoms with van der Waals surface area (Å²) in [7, 11) is 0. The van der Waals surface area contributed by atoms with Crippen LogP contribution >= 0.6 is 11.6 Å². The molecule has 6 nitrogen and oxygen atoms in total. The van der Waals surface area contributed by atoms with Gasteiger partial charge in [-0.05, 0) is 55.2 Å². The van der Waals surface area contributed by atoms with Crippen molar-refractivity contribution in [3.63, 3.8) is 0 Å². The molecule has 1 aliphatic carbocycles. The highest BCUT2D eigenvalue weighted by atomic mass is 35.5.